The minimum atomic E-state index is -1.27. The normalized spacial score (nSPS) is 17.6. The van der Waals surface area contributed by atoms with Crippen LogP contribution in [0.5, 0.6) is 12.0 Å². The fourth-order valence-corrected chi connectivity index (χ4v) is 12.9. The number of ether oxygens (including phenoxy) is 6. The van der Waals surface area contributed by atoms with Crippen LogP contribution in [0.2, 0.25) is 0 Å². The van der Waals surface area contributed by atoms with E-state index in [-0.39, 0.29) is 75.5 Å². The molecule has 26 heteroatoms. The SMILES string of the molecule is CCCCOc1nnnn1C[C@@H]1CCCN1C(=O)[C@@H](NC(=O)[C@H](C)N(C)C(=O)OCC1c2ccccc2-c2ccccc21)[C@@H](C)OCCO[C@H](C)[C@H](NC(=O)[C@H](C)N(C)C(=O)OCC1c2ccccc2-c2ccccc21)C(=O)N1CCC[C@H]1Cn1nnnc1OCCCC. The van der Waals surface area contributed by atoms with Crippen LogP contribution in [0.25, 0.3) is 22.3 Å². The Hall–Kier alpha value is -9.04. The summed E-state index contributed by atoms with van der Waals surface area (Å²) < 4.78 is 39.5. The Bertz CT molecular complexity index is 3260. The first kappa shape index (κ1) is 67.8. The number of nitrogens with zero attached hydrogens (tertiary/aromatic N) is 12. The molecule has 10 rings (SSSR count). The number of benzene rings is 4. The molecule has 6 amide bonds. The number of amides is 6. The highest BCUT2D eigenvalue weighted by Gasteiger charge is 2.42. The van der Waals surface area contributed by atoms with Crippen LogP contribution in [0, 0.1) is 0 Å². The number of likely N-dealkylation sites (tertiary alicyclic amines) is 2. The largest absolute Gasteiger partial charge is 0.463 e. The molecule has 2 fully saturated rings. The van der Waals surface area contributed by atoms with Gasteiger partial charge in [0.15, 0.2) is 0 Å². The lowest BCUT2D eigenvalue weighted by atomic mass is 9.98. The van der Waals surface area contributed by atoms with E-state index in [9.17, 15) is 19.2 Å². The van der Waals surface area contributed by atoms with E-state index in [1.165, 1.54) is 33.3 Å². The summed E-state index contributed by atoms with van der Waals surface area (Å²) in [6.07, 6.45) is 2.59. The summed E-state index contributed by atoms with van der Waals surface area (Å²) in [6.45, 7) is 12.4. The molecule has 502 valence electrons. The summed E-state index contributed by atoms with van der Waals surface area (Å²) >= 11 is 0. The summed E-state index contributed by atoms with van der Waals surface area (Å²) in [5, 5.41) is 30.0. The maximum absolute atomic E-state index is 15.1. The van der Waals surface area contributed by atoms with Crippen molar-refractivity contribution < 1.29 is 57.2 Å². The van der Waals surface area contributed by atoms with Gasteiger partial charge in [0.25, 0.3) is 0 Å². The zero-order valence-electron chi connectivity index (χ0n) is 55.0. The molecule has 8 atom stereocenters. The summed E-state index contributed by atoms with van der Waals surface area (Å²) in [4.78, 5) is 92.6. The van der Waals surface area contributed by atoms with E-state index in [4.69, 9.17) is 28.4 Å². The Morgan fingerprint density at radius 2 is 0.872 bits per heavy atom. The molecule has 2 N–H and O–H groups in total. The molecule has 4 aliphatic rings. The van der Waals surface area contributed by atoms with Crippen LogP contribution in [-0.2, 0) is 51.2 Å². The molecule has 6 aromatic rings. The summed E-state index contributed by atoms with van der Waals surface area (Å²) in [7, 11) is 2.95. The van der Waals surface area contributed by atoms with Gasteiger partial charge in [-0.15, -0.1) is 0 Å². The van der Waals surface area contributed by atoms with Crippen molar-refractivity contribution in [3.8, 4) is 34.3 Å². The number of aromatic nitrogens is 8. The average molecular weight is 1290 g/mol. The third kappa shape index (κ3) is 15.4. The minimum Gasteiger partial charge on any atom is -0.463 e. The van der Waals surface area contributed by atoms with Crippen LogP contribution in [0.4, 0.5) is 9.59 Å². The Morgan fingerprint density at radius 3 is 1.22 bits per heavy atom. The Morgan fingerprint density at radius 1 is 0.521 bits per heavy atom. The third-order valence-electron chi connectivity index (χ3n) is 18.6. The summed E-state index contributed by atoms with van der Waals surface area (Å²) in [5.41, 5.74) is 8.47. The maximum atomic E-state index is 15.1. The van der Waals surface area contributed by atoms with E-state index in [0.29, 0.717) is 52.0 Å². The molecule has 0 bridgehead atoms. The number of rotatable bonds is 31. The monoisotopic (exact) mass is 1290 g/mol. The van der Waals surface area contributed by atoms with Gasteiger partial charge in [-0.3, -0.25) is 29.0 Å². The number of likely N-dealkylation sites (N-methyl/N-ethyl adjacent to an activating group) is 2. The van der Waals surface area contributed by atoms with E-state index >= 15 is 9.59 Å². The van der Waals surface area contributed by atoms with E-state index < -0.39 is 72.2 Å². The van der Waals surface area contributed by atoms with Crippen LogP contribution in [0.1, 0.15) is 127 Å². The number of hydrogen-bond acceptors (Lipinski definition) is 18. The van der Waals surface area contributed by atoms with Crippen LogP contribution in [0.15, 0.2) is 97.1 Å². The molecular formula is C68H88N14O12. The van der Waals surface area contributed by atoms with Crippen molar-refractivity contribution in [3.05, 3.63) is 119 Å². The van der Waals surface area contributed by atoms with Gasteiger partial charge in [0, 0.05) is 39.0 Å². The highest BCUT2D eigenvalue weighted by molar-refractivity contribution is 5.93. The van der Waals surface area contributed by atoms with Gasteiger partial charge in [0.2, 0.25) is 23.6 Å². The Labute approximate surface area is 548 Å². The second-order valence-corrected chi connectivity index (χ2v) is 24.7. The number of carbonyl (C=O) groups excluding carboxylic acids is 6. The van der Waals surface area contributed by atoms with Crippen LogP contribution in [0.3, 0.4) is 0 Å². The molecule has 2 saturated heterocycles. The average Bonchev–Trinajstić information content (AvgIpc) is 1.63. The van der Waals surface area contributed by atoms with Crippen LogP contribution >= 0.6 is 0 Å². The first-order chi connectivity index (χ1) is 45.6. The van der Waals surface area contributed by atoms with Gasteiger partial charge < -0.3 is 48.9 Å². The zero-order valence-corrected chi connectivity index (χ0v) is 55.0. The molecule has 0 unspecified atom stereocenters. The molecule has 4 aromatic carbocycles. The molecule has 2 aliphatic carbocycles. The van der Waals surface area contributed by atoms with Gasteiger partial charge in [-0.2, -0.15) is 9.36 Å². The predicted octanol–water partition coefficient (Wildman–Crippen LogP) is 7.02. The smallest absolute Gasteiger partial charge is 0.410 e. The van der Waals surface area contributed by atoms with Crippen molar-refractivity contribution >= 4 is 35.8 Å². The zero-order chi connectivity index (χ0) is 66.4. The lowest BCUT2D eigenvalue weighted by Gasteiger charge is -2.34. The summed E-state index contributed by atoms with van der Waals surface area (Å²) in [5.74, 6) is -2.53. The number of unbranched alkanes of at least 4 members (excludes halogenated alkanes) is 2. The quantitative estimate of drug-likeness (QED) is 0.0414. The molecule has 2 aromatic heterocycles. The van der Waals surface area contributed by atoms with Gasteiger partial charge in [-0.1, -0.05) is 134 Å². The predicted molar refractivity (Wildman–Crippen MR) is 345 cm³/mol. The van der Waals surface area contributed by atoms with Crippen molar-refractivity contribution in [1.82, 2.24) is 70.6 Å². The number of hydrogen-bond donors (Lipinski definition) is 2. The van der Waals surface area contributed by atoms with Crippen molar-refractivity contribution in [2.75, 3.05) is 66.8 Å². The van der Waals surface area contributed by atoms with Crippen molar-refractivity contribution in [2.45, 2.75) is 166 Å². The second kappa shape index (κ2) is 31.7. The standard InChI is InChI=1S/C68H88N14O12/c1-9-11-35-91-65-71-73-75-81(65)39-47-23-21-33-79(47)63(85)59(69-61(83)43(3)77(7)67(87)93-41-57-53-29-17-13-25-49(53)50-26-14-18-30-54(50)57)45(5)89-37-38-90-46(6)60(64(86)80-34-22-24-48(80)40-82-66(72-74-76-82)92-36-12-10-2)70-62(84)44(4)78(8)68(88)94-42-58-55-31-19-15-27-51(55)52-28-16-20-32-56(52)58/h13-20,25-32,43-48,57-60H,9-12,21-24,33-42H2,1-8H3,(H,69,83)(H,70,84)/t43-,44-,45+,46+,47-,48-,59-,60-/m0/s1. The van der Waals surface area contributed by atoms with Crippen molar-refractivity contribution in [3.63, 3.8) is 0 Å². The number of fused-ring (bicyclic) bond motifs is 6. The van der Waals surface area contributed by atoms with Crippen molar-refractivity contribution in [2.24, 2.45) is 0 Å². The molecule has 4 heterocycles. The van der Waals surface area contributed by atoms with Crippen LogP contribution in [-0.4, -0.2) is 211 Å². The molecular weight excluding hydrogens is 1200 g/mol. The fraction of sp³-hybridized carbons (Fsp3) is 0.529. The highest BCUT2D eigenvalue weighted by Crippen LogP contribution is 2.46. The van der Waals surface area contributed by atoms with E-state index in [2.05, 4.69) is 79.8 Å². The number of nitrogens with one attached hydrogen (secondary N) is 2. The van der Waals surface area contributed by atoms with Gasteiger partial charge in [-0.05, 0) is 132 Å². The number of carbonyl (C=O) groups is 6. The fourth-order valence-electron chi connectivity index (χ4n) is 12.9. The molecule has 2 aliphatic heterocycles. The van der Waals surface area contributed by atoms with Gasteiger partial charge in [-0.25, -0.2) is 9.59 Å². The molecule has 94 heavy (non-hydrogen) atoms. The molecule has 0 saturated carbocycles. The Balaban J connectivity index is 0.818. The minimum absolute atomic E-state index is 0.0408. The maximum Gasteiger partial charge on any atom is 0.410 e. The van der Waals surface area contributed by atoms with Gasteiger partial charge in [0.1, 0.15) is 37.4 Å². The van der Waals surface area contributed by atoms with E-state index in [0.717, 1.165) is 70.2 Å². The first-order valence-corrected chi connectivity index (χ1v) is 33.0. The lowest BCUT2D eigenvalue weighted by Crippen LogP contribution is -2.59. The third-order valence-corrected chi connectivity index (χ3v) is 18.6. The first-order valence-electron chi connectivity index (χ1n) is 33.0. The Kier molecular flexibility index (Phi) is 22.9. The van der Waals surface area contributed by atoms with Crippen LogP contribution < -0.4 is 20.1 Å². The lowest BCUT2D eigenvalue weighted by molar-refractivity contribution is -0.145. The number of tetrazole rings is 2. The van der Waals surface area contributed by atoms with Crippen molar-refractivity contribution in [1.29, 1.82) is 0 Å². The highest BCUT2D eigenvalue weighted by atomic mass is 16.6. The summed E-state index contributed by atoms with van der Waals surface area (Å²) in [6, 6.07) is 27.0. The topological polar surface area (TPSA) is 282 Å². The van der Waals surface area contributed by atoms with E-state index in [1.807, 2.05) is 72.8 Å². The molecule has 26 nitrogen and oxygen atoms in total. The second-order valence-electron chi connectivity index (χ2n) is 24.7. The van der Waals surface area contributed by atoms with Gasteiger partial charge >= 0.3 is 24.2 Å². The molecule has 0 spiro atoms. The van der Waals surface area contributed by atoms with E-state index in [1.54, 1.807) is 37.5 Å². The molecule has 0 radical (unpaired) electrons. The van der Waals surface area contributed by atoms with Gasteiger partial charge in [0.05, 0.1) is 63.8 Å².